The molecule has 1 amide bonds. The van der Waals surface area contributed by atoms with Gasteiger partial charge in [-0.2, -0.15) is 0 Å². The quantitative estimate of drug-likeness (QED) is 0.621. The summed E-state index contributed by atoms with van der Waals surface area (Å²) in [5, 5.41) is 0. The Morgan fingerprint density at radius 1 is 0.967 bits per heavy atom. The zero-order chi connectivity index (χ0) is 20.9. The molecule has 0 saturated carbocycles. The van der Waals surface area contributed by atoms with Gasteiger partial charge < -0.3 is 19.1 Å². The fraction of sp³-hybridized carbons (Fsp3) is 0.292. The molecule has 1 saturated heterocycles. The summed E-state index contributed by atoms with van der Waals surface area (Å²) >= 11 is 0. The van der Waals surface area contributed by atoms with Crippen LogP contribution in [0.2, 0.25) is 0 Å². The molecule has 0 bridgehead atoms. The summed E-state index contributed by atoms with van der Waals surface area (Å²) in [6.45, 7) is 2.82. The normalized spacial score (nSPS) is 15.1. The van der Waals surface area contributed by atoms with Gasteiger partial charge in [-0.05, 0) is 54.1 Å². The maximum atomic E-state index is 13.2. The SMILES string of the molecule is COc1ccc(C(CC(=O)N2CCN(c3ccc(F)cc3)CC2)n2cccc2)cc1. The van der Waals surface area contributed by atoms with Crippen LogP contribution in [-0.4, -0.2) is 48.7 Å². The number of anilines is 1. The number of amides is 1. The van der Waals surface area contributed by atoms with E-state index in [0.29, 0.717) is 19.5 Å². The number of benzene rings is 2. The summed E-state index contributed by atoms with van der Waals surface area (Å²) in [6, 6.07) is 18.3. The van der Waals surface area contributed by atoms with Gasteiger partial charge in [0.1, 0.15) is 11.6 Å². The lowest BCUT2D eigenvalue weighted by molar-refractivity contribution is -0.132. The molecule has 1 fully saturated rings. The van der Waals surface area contributed by atoms with Gasteiger partial charge in [0.2, 0.25) is 5.91 Å². The van der Waals surface area contributed by atoms with Gasteiger partial charge in [-0.3, -0.25) is 4.79 Å². The number of hydrogen-bond acceptors (Lipinski definition) is 3. The van der Waals surface area contributed by atoms with Crippen LogP contribution >= 0.6 is 0 Å². The molecular formula is C24H26FN3O2. The van der Waals surface area contributed by atoms with Gasteiger partial charge in [0, 0.05) is 44.3 Å². The van der Waals surface area contributed by atoms with E-state index in [2.05, 4.69) is 9.47 Å². The first kappa shape index (κ1) is 20.0. The summed E-state index contributed by atoms with van der Waals surface area (Å²) in [6.07, 6.45) is 4.39. The molecule has 2 heterocycles. The molecule has 1 atom stereocenters. The second-order valence-electron chi connectivity index (χ2n) is 7.47. The molecule has 0 radical (unpaired) electrons. The van der Waals surface area contributed by atoms with Crippen molar-refractivity contribution in [1.82, 2.24) is 9.47 Å². The zero-order valence-electron chi connectivity index (χ0n) is 17.1. The van der Waals surface area contributed by atoms with E-state index in [4.69, 9.17) is 4.74 Å². The number of piperazine rings is 1. The second kappa shape index (κ2) is 9.03. The first-order chi connectivity index (χ1) is 14.6. The zero-order valence-corrected chi connectivity index (χ0v) is 17.1. The maximum Gasteiger partial charge on any atom is 0.225 e. The Labute approximate surface area is 176 Å². The first-order valence-corrected chi connectivity index (χ1v) is 10.2. The van der Waals surface area contributed by atoms with Crippen LogP contribution in [0.1, 0.15) is 18.0 Å². The lowest BCUT2D eigenvalue weighted by Gasteiger charge is -2.36. The molecule has 1 unspecified atom stereocenters. The van der Waals surface area contributed by atoms with Crippen LogP contribution in [0.5, 0.6) is 5.75 Å². The van der Waals surface area contributed by atoms with Crippen LogP contribution in [0.15, 0.2) is 73.1 Å². The van der Waals surface area contributed by atoms with E-state index in [1.807, 2.05) is 53.7 Å². The largest absolute Gasteiger partial charge is 0.497 e. The first-order valence-electron chi connectivity index (χ1n) is 10.2. The summed E-state index contributed by atoms with van der Waals surface area (Å²) in [4.78, 5) is 17.2. The molecule has 6 heteroatoms. The summed E-state index contributed by atoms with van der Waals surface area (Å²) in [7, 11) is 1.65. The number of halogens is 1. The molecule has 0 N–H and O–H groups in total. The van der Waals surface area contributed by atoms with Crippen molar-refractivity contribution in [3.05, 3.63) is 84.4 Å². The van der Waals surface area contributed by atoms with Crippen molar-refractivity contribution < 1.29 is 13.9 Å². The Bertz CT molecular complexity index is 947. The van der Waals surface area contributed by atoms with Crippen molar-refractivity contribution in [2.24, 2.45) is 0 Å². The number of methoxy groups -OCH3 is 1. The molecule has 1 aromatic heterocycles. The fourth-order valence-electron chi connectivity index (χ4n) is 3.94. The van der Waals surface area contributed by atoms with Gasteiger partial charge in [-0.25, -0.2) is 4.39 Å². The number of hydrogen-bond donors (Lipinski definition) is 0. The number of carbonyl (C=O) groups excluding carboxylic acids is 1. The molecule has 4 rings (SSSR count). The molecule has 156 valence electrons. The highest BCUT2D eigenvalue weighted by molar-refractivity contribution is 5.77. The van der Waals surface area contributed by atoms with Crippen LogP contribution in [0.25, 0.3) is 0 Å². The van der Waals surface area contributed by atoms with Crippen LogP contribution < -0.4 is 9.64 Å². The van der Waals surface area contributed by atoms with Crippen molar-refractivity contribution in [1.29, 1.82) is 0 Å². The van der Waals surface area contributed by atoms with E-state index < -0.39 is 0 Å². The molecule has 3 aromatic rings. The van der Waals surface area contributed by atoms with Crippen molar-refractivity contribution >= 4 is 11.6 Å². The molecule has 5 nitrogen and oxygen atoms in total. The predicted octanol–water partition coefficient (Wildman–Crippen LogP) is 3.96. The summed E-state index contributed by atoms with van der Waals surface area (Å²) in [5.41, 5.74) is 2.07. The van der Waals surface area contributed by atoms with Crippen LogP contribution in [-0.2, 0) is 4.79 Å². The van der Waals surface area contributed by atoms with Crippen molar-refractivity contribution in [2.45, 2.75) is 12.5 Å². The molecule has 0 spiro atoms. The van der Waals surface area contributed by atoms with Crippen LogP contribution in [0, 0.1) is 5.82 Å². The topological polar surface area (TPSA) is 37.7 Å². The minimum Gasteiger partial charge on any atom is -0.497 e. The van der Waals surface area contributed by atoms with Crippen molar-refractivity contribution in [3.63, 3.8) is 0 Å². The second-order valence-corrected chi connectivity index (χ2v) is 7.47. The van der Waals surface area contributed by atoms with Crippen molar-refractivity contribution in [3.8, 4) is 5.75 Å². The third-order valence-corrected chi connectivity index (χ3v) is 5.68. The Morgan fingerprint density at radius 2 is 1.60 bits per heavy atom. The number of aromatic nitrogens is 1. The molecule has 0 aliphatic carbocycles. The van der Waals surface area contributed by atoms with E-state index >= 15 is 0 Å². The fourth-order valence-corrected chi connectivity index (χ4v) is 3.94. The van der Waals surface area contributed by atoms with E-state index in [1.54, 1.807) is 19.2 Å². The molecule has 30 heavy (non-hydrogen) atoms. The number of nitrogens with zero attached hydrogens (tertiary/aromatic N) is 3. The van der Waals surface area contributed by atoms with Gasteiger partial charge in [-0.15, -0.1) is 0 Å². The third kappa shape index (κ3) is 4.48. The van der Waals surface area contributed by atoms with Gasteiger partial charge >= 0.3 is 0 Å². The average molecular weight is 407 g/mol. The highest BCUT2D eigenvalue weighted by Gasteiger charge is 2.25. The van der Waals surface area contributed by atoms with Gasteiger partial charge in [0.25, 0.3) is 0 Å². The molecule has 1 aliphatic rings. The number of carbonyl (C=O) groups is 1. The Morgan fingerprint density at radius 3 is 2.20 bits per heavy atom. The average Bonchev–Trinajstić information content (AvgIpc) is 3.33. The standard InChI is InChI=1S/C24H26FN3O2/c1-30-22-10-4-19(5-11-22)23(27-12-2-3-13-27)18-24(29)28-16-14-26(15-17-28)21-8-6-20(25)7-9-21/h2-13,23H,14-18H2,1H3. The smallest absolute Gasteiger partial charge is 0.225 e. The van der Waals surface area contributed by atoms with Crippen LogP contribution in [0.4, 0.5) is 10.1 Å². The van der Waals surface area contributed by atoms with Crippen LogP contribution in [0.3, 0.4) is 0 Å². The number of rotatable bonds is 6. The van der Waals surface area contributed by atoms with E-state index in [0.717, 1.165) is 30.1 Å². The molecule has 2 aromatic carbocycles. The molecule has 1 aliphatic heterocycles. The van der Waals surface area contributed by atoms with Crippen molar-refractivity contribution in [2.75, 3.05) is 38.2 Å². The Kier molecular flexibility index (Phi) is 6.02. The molecular weight excluding hydrogens is 381 g/mol. The summed E-state index contributed by atoms with van der Waals surface area (Å²) in [5.74, 6) is 0.707. The van der Waals surface area contributed by atoms with Gasteiger partial charge in [0.05, 0.1) is 19.6 Å². The Balaban J connectivity index is 1.42. The monoisotopic (exact) mass is 407 g/mol. The highest BCUT2D eigenvalue weighted by atomic mass is 19.1. The van der Waals surface area contributed by atoms with E-state index in [1.165, 1.54) is 12.1 Å². The third-order valence-electron chi connectivity index (χ3n) is 5.68. The Hall–Kier alpha value is -3.28. The lowest BCUT2D eigenvalue weighted by Crippen LogP contribution is -2.49. The van der Waals surface area contributed by atoms with Gasteiger partial charge in [-0.1, -0.05) is 12.1 Å². The predicted molar refractivity (Wildman–Crippen MR) is 115 cm³/mol. The minimum atomic E-state index is -0.234. The van der Waals surface area contributed by atoms with E-state index in [-0.39, 0.29) is 17.8 Å². The maximum absolute atomic E-state index is 13.2. The van der Waals surface area contributed by atoms with Gasteiger partial charge in [0.15, 0.2) is 0 Å². The minimum absolute atomic E-state index is 0.0615. The van der Waals surface area contributed by atoms with E-state index in [9.17, 15) is 9.18 Å². The highest BCUT2D eigenvalue weighted by Crippen LogP contribution is 2.26. The lowest BCUT2D eigenvalue weighted by atomic mass is 10.0. The summed E-state index contributed by atoms with van der Waals surface area (Å²) < 4.78 is 20.5. The number of ether oxygens (including phenoxy) is 1.